The minimum Gasteiger partial charge on any atom is -0.253 e. The van der Waals surface area contributed by atoms with Gasteiger partial charge in [0.25, 0.3) is 0 Å². The van der Waals surface area contributed by atoms with E-state index in [9.17, 15) is 0 Å². The zero-order chi connectivity index (χ0) is 13.1. The maximum atomic E-state index is 6.11. The Morgan fingerprint density at radius 1 is 1.44 bits per heavy atom. The third kappa shape index (κ3) is 3.45. The van der Waals surface area contributed by atoms with Gasteiger partial charge in [-0.15, -0.1) is 11.3 Å². The molecule has 1 N–H and O–H groups in total. The first kappa shape index (κ1) is 13.8. The molecule has 0 amide bonds. The highest BCUT2D eigenvalue weighted by Crippen LogP contribution is 2.29. The molecule has 2 aromatic rings. The minimum atomic E-state index is 0.570. The zero-order valence-corrected chi connectivity index (χ0v) is 13.2. The van der Waals surface area contributed by atoms with E-state index in [4.69, 9.17) is 23.2 Å². The van der Waals surface area contributed by atoms with Crippen molar-refractivity contribution in [2.75, 3.05) is 5.43 Å². The van der Waals surface area contributed by atoms with Crippen LogP contribution in [0.2, 0.25) is 10.0 Å². The van der Waals surface area contributed by atoms with Gasteiger partial charge in [-0.1, -0.05) is 23.2 Å². The van der Waals surface area contributed by atoms with Crippen molar-refractivity contribution in [2.24, 2.45) is 5.10 Å². The Labute approximate surface area is 127 Å². The molecule has 94 valence electrons. The molecule has 0 aliphatic heterocycles. The van der Waals surface area contributed by atoms with Crippen molar-refractivity contribution in [2.45, 2.75) is 6.92 Å². The summed E-state index contributed by atoms with van der Waals surface area (Å²) in [4.78, 5) is 4.22. The predicted octanol–water partition coefficient (Wildman–Crippen LogP) is 4.97. The summed E-state index contributed by atoms with van der Waals surface area (Å²) >= 11 is 16.9. The van der Waals surface area contributed by atoms with Crippen molar-refractivity contribution in [1.82, 2.24) is 4.98 Å². The molecular weight excluding hydrogens is 357 g/mol. The Morgan fingerprint density at radius 3 is 2.89 bits per heavy atom. The van der Waals surface area contributed by atoms with Crippen LogP contribution in [0.5, 0.6) is 0 Å². The van der Waals surface area contributed by atoms with Crippen molar-refractivity contribution in [3.05, 3.63) is 43.3 Å². The Balaban J connectivity index is 2.14. The highest BCUT2D eigenvalue weighted by Gasteiger charge is 2.04. The second-order valence-electron chi connectivity index (χ2n) is 3.45. The van der Waals surface area contributed by atoms with Gasteiger partial charge in [-0.05, 0) is 35.0 Å². The van der Waals surface area contributed by atoms with Gasteiger partial charge in [-0.3, -0.25) is 5.43 Å². The molecule has 1 aromatic carbocycles. The number of anilines is 1. The fourth-order valence-corrected chi connectivity index (χ4v) is 2.86. The molecule has 2 rings (SSSR count). The number of nitrogens with zero attached hydrogens (tertiary/aromatic N) is 2. The Hall–Kier alpha value is -0.620. The molecule has 0 aliphatic rings. The highest BCUT2D eigenvalue weighted by molar-refractivity contribution is 9.10. The number of benzene rings is 1. The summed E-state index contributed by atoms with van der Waals surface area (Å²) in [6.45, 7) is 1.93. The number of hydrogen-bond acceptors (Lipinski definition) is 4. The lowest BCUT2D eigenvalue weighted by atomic mass is 10.2. The van der Waals surface area contributed by atoms with Crippen LogP contribution in [0.25, 0.3) is 0 Å². The smallest absolute Gasteiger partial charge is 0.203 e. The number of thiazole rings is 1. The van der Waals surface area contributed by atoms with Gasteiger partial charge in [0.1, 0.15) is 0 Å². The molecule has 0 spiro atoms. The summed E-state index contributed by atoms with van der Waals surface area (Å²) in [5.74, 6) is 0. The van der Waals surface area contributed by atoms with Gasteiger partial charge in [0.15, 0.2) is 0 Å². The number of aromatic nitrogens is 1. The molecule has 0 unspecified atom stereocenters. The van der Waals surface area contributed by atoms with E-state index in [1.54, 1.807) is 18.3 Å². The van der Waals surface area contributed by atoms with Gasteiger partial charge in [0.05, 0.1) is 16.9 Å². The first-order valence-electron chi connectivity index (χ1n) is 4.92. The van der Waals surface area contributed by atoms with Gasteiger partial charge in [0, 0.05) is 20.4 Å². The number of rotatable bonds is 3. The van der Waals surface area contributed by atoms with E-state index < -0.39 is 0 Å². The Morgan fingerprint density at radius 2 is 2.22 bits per heavy atom. The second-order valence-corrected chi connectivity index (χ2v) is 5.98. The summed E-state index contributed by atoms with van der Waals surface area (Å²) in [5, 5.41) is 7.92. The number of hydrazone groups is 1. The molecule has 7 heteroatoms. The monoisotopic (exact) mass is 363 g/mol. The maximum absolute atomic E-state index is 6.11. The largest absolute Gasteiger partial charge is 0.253 e. The average molecular weight is 365 g/mol. The van der Waals surface area contributed by atoms with Gasteiger partial charge < -0.3 is 0 Å². The van der Waals surface area contributed by atoms with Crippen LogP contribution in [-0.4, -0.2) is 11.2 Å². The molecule has 0 saturated carbocycles. The topological polar surface area (TPSA) is 37.3 Å². The number of nitrogens with one attached hydrogen (secondary N) is 1. The van der Waals surface area contributed by atoms with Crippen LogP contribution in [0.15, 0.2) is 27.1 Å². The second kappa shape index (κ2) is 6.02. The molecule has 0 fully saturated rings. The van der Waals surface area contributed by atoms with Crippen LogP contribution in [0.4, 0.5) is 5.13 Å². The number of hydrogen-bond donors (Lipinski definition) is 1. The molecule has 0 bridgehead atoms. The van der Waals surface area contributed by atoms with Crippen LogP contribution in [-0.2, 0) is 0 Å². The van der Waals surface area contributed by atoms with Crippen LogP contribution >= 0.6 is 50.5 Å². The average Bonchev–Trinajstić information content (AvgIpc) is 2.71. The molecule has 1 aromatic heterocycles. The van der Waals surface area contributed by atoms with E-state index in [1.807, 2.05) is 12.3 Å². The van der Waals surface area contributed by atoms with Gasteiger partial charge in [-0.2, -0.15) is 5.10 Å². The van der Waals surface area contributed by atoms with E-state index >= 15 is 0 Å². The molecule has 0 radical (unpaired) electrons. The van der Waals surface area contributed by atoms with Crippen molar-refractivity contribution in [1.29, 1.82) is 0 Å². The highest BCUT2D eigenvalue weighted by atomic mass is 79.9. The number of halogens is 3. The maximum Gasteiger partial charge on any atom is 0.203 e. The van der Waals surface area contributed by atoms with Crippen molar-refractivity contribution in [3.8, 4) is 0 Å². The Bertz CT molecular complexity index is 598. The predicted molar refractivity (Wildman–Crippen MR) is 82.2 cm³/mol. The SMILES string of the molecule is Cc1csc(NN=Cc2cc(Cl)cc(Br)c2Cl)n1. The minimum absolute atomic E-state index is 0.570. The summed E-state index contributed by atoms with van der Waals surface area (Å²) in [6, 6.07) is 3.48. The lowest BCUT2D eigenvalue weighted by molar-refractivity contribution is 1.22. The van der Waals surface area contributed by atoms with Crippen molar-refractivity contribution in [3.63, 3.8) is 0 Å². The molecule has 1 heterocycles. The summed E-state index contributed by atoms with van der Waals surface area (Å²) in [5.41, 5.74) is 4.53. The van der Waals surface area contributed by atoms with E-state index in [1.165, 1.54) is 11.3 Å². The van der Waals surface area contributed by atoms with Crippen molar-refractivity contribution >= 4 is 61.8 Å². The molecule has 0 atom stereocenters. The van der Waals surface area contributed by atoms with E-state index in [0.29, 0.717) is 10.0 Å². The van der Waals surface area contributed by atoms with Gasteiger partial charge in [-0.25, -0.2) is 4.98 Å². The fraction of sp³-hybridized carbons (Fsp3) is 0.0909. The molecule has 18 heavy (non-hydrogen) atoms. The molecule has 0 saturated heterocycles. The summed E-state index contributed by atoms with van der Waals surface area (Å²) in [6.07, 6.45) is 1.61. The number of aryl methyl sites for hydroxylation is 1. The fourth-order valence-electron chi connectivity index (χ4n) is 1.23. The van der Waals surface area contributed by atoms with Crippen molar-refractivity contribution < 1.29 is 0 Å². The third-order valence-corrected chi connectivity index (χ3v) is 4.36. The normalized spacial score (nSPS) is 11.1. The van der Waals surface area contributed by atoms with Crippen LogP contribution < -0.4 is 5.43 Å². The van der Waals surface area contributed by atoms with E-state index in [2.05, 4.69) is 31.4 Å². The van der Waals surface area contributed by atoms with Gasteiger partial charge >= 0.3 is 0 Å². The van der Waals surface area contributed by atoms with E-state index in [-0.39, 0.29) is 0 Å². The third-order valence-electron chi connectivity index (χ3n) is 2.00. The quantitative estimate of drug-likeness (QED) is 0.474. The standard InChI is InChI=1S/C11H8BrCl2N3S/c1-6-5-18-11(16-6)17-15-4-7-2-8(13)3-9(12)10(7)14/h2-5H,1H3,(H,16,17). The molecule has 3 nitrogen and oxygen atoms in total. The molecule has 0 aliphatic carbocycles. The lowest BCUT2D eigenvalue weighted by Gasteiger charge is -2.01. The first-order valence-corrected chi connectivity index (χ1v) is 7.35. The van der Waals surface area contributed by atoms with Crippen LogP contribution in [0.3, 0.4) is 0 Å². The zero-order valence-electron chi connectivity index (χ0n) is 9.25. The summed E-state index contributed by atoms with van der Waals surface area (Å²) < 4.78 is 0.739. The van der Waals surface area contributed by atoms with Gasteiger partial charge in [0.2, 0.25) is 5.13 Å². The molecular formula is C11H8BrCl2N3S. The van der Waals surface area contributed by atoms with Crippen LogP contribution in [0.1, 0.15) is 11.3 Å². The Kier molecular flexibility index (Phi) is 4.61. The van der Waals surface area contributed by atoms with Crippen LogP contribution in [0, 0.1) is 6.92 Å². The van der Waals surface area contributed by atoms with E-state index in [0.717, 1.165) is 20.9 Å². The lowest BCUT2D eigenvalue weighted by Crippen LogP contribution is -1.91. The summed E-state index contributed by atoms with van der Waals surface area (Å²) in [7, 11) is 0. The first-order chi connectivity index (χ1) is 8.56.